The summed E-state index contributed by atoms with van der Waals surface area (Å²) in [6, 6.07) is 1.53. The normalized spacial score (nSPS) is 26.0. The van der Waals surface area contributed by atoms with Gasteiger partial charge in [0.25, 0.3) is 0 Å². The van der Waals surface area contributed by atoms with E-state index < -0.39 is 0 Å². The second kappa shape index (κ2) is 2.58. The number of rotatable bonds is 1. The van der Waals surface area contributed by atoms with Crippen LogP contribution in [0.5, 0.6) is 0 Å². The van der Waals surface area contributed by atoms with Gasteiger partial charge in [0.2, 0.25) is 0 Å². The number of hydrogen-bond donors (Lipinski definition) is 0. The van der Waals surface area contributed by atoms with E-state index in [9.17, 15) is 4.79 Å². The molecule has 0 radical (unpaired) electrons. The molecule has 1 atom stereocenters. The molecule has 0 saturated carbocycles. The Hall–Kier alpha value is -1.32. The Bertz CT molecular complexity index is 316. The fraction of sp³-hybridized carbons (Fsp3) is 0.556. The molecule has 1 aromatic heterocycles. The summed E-state index contributed by atoms with van der Waals surface area (Å²) in [5.74, 6) is -0.186. The van der Waals surface area contributed by atoms with Crippen LogP contribution in [0.2, 0.25) is 0 Å². The van der Waals surface area contributed by atoms with Crippen LogP contribution in [0.3, 0.4) is 0 Å². The third-order valence-corrected chi connectivity index (χ3v) is 2.34. The van der Waals surface area contributed by atoms with E-state index in [0.717, 1.165) is 0 Å². The van der Waals surface area contributed by atoms with Crippen LogP contribution in [0.25, 0.3) is 0 Å². The van der Waals surface area contributed by atoms with E-state index in [-0.39, 0.29) is 17.4 Å². The van der Waals surface area contributed by atoms with Gasteiger partial charge >= 0.3 is 5.97 Å². The molecule has 0 bridgehead atoms. The zero-order valence-electron chi connectivity index (χ0n) is 7.73. The fourth-order valence-electron chi connectivity index (χ4n) is 1.63. The number of carbonyl (C=O) groups excluding carboxylic acids is 1. The zero-order valence-corrected chi connectivity index (χ0v) is 7.73. The van der Waals surface area contributed by atoms with Gasteiger partial charge in [-0.05, 0) is 6.07 Å². The van der Waals surface area contributed by atoms with Gasteiger partial charge in [0, 0.05) is 17.8 Å². The van der Waals surface area contributed by atoms with Gasteiger partial charge in [0.15, 0.2) is 6.04 Å². The molecule has 1 aromatic rings. The first-order chi connectivity index (χ1) is 6.11. The first-order valence-corrected chi connectivity index (χ1v) is 4.27. The van der Waals surface area contributed by atoms with Gasteiger partial charge < -0.3 is 4.74 Å². The van der Waals surface area contributed by atoms with Crippen LogP contribution in [0.1, 0.15) is 19.9 Å². The number of cyclic esters (lactones) is 1. The molecular weight excluding hydrogens is 168 g/mol. The minimum atomic E-state index is -0.275. The van der Waals surface area contributed by atoms with E-state index in [1.165, 1.54) is 0 Å². The minimum absolute atomic E-state index is 0.164. The molecular formula is C9H12N2O2. The van der Waals surface area contributed by atoms with Crippen LogP contribution in [0.15, 0.2) is 18.5 Å². The average Bonchev–Trinajstić information content (AvgIpc) is 2.60. The lowest BCUT2D eigenvalue weighted by atomic mass is 9.88. The van der Waals surface area contributed by atoms with Gasteiger partial charge in [-0.1, -0.05) is 13.8 Å². The summed E-state index contributed by atoms with van der Waals surface area (Å²) in [5.41, 5.74) is -0.164. The van der Waals surface area contributed by atoms with E-state index in [2.05, 4.69) is 5.10 Å². The van der Waals surface area contributed by atoms with Gasteiger partial charge in [-0.25, -0.2) is 4.79 Å². The molecule has 4 nitrogen and oxygen atoms in total. The second-order valence-electron chi connectivity index (χ2n) is 3.98. The quantitative estimate of drug-likeness (QED) is 0.606. The minimum Gasteiger partial charge on any atom is -0.463 e. The van der Waals surface area contributed by atoms with E-state index in [1.54, 1.807) is 17.1 Å². The van der Waals surface area contributed by atoms with Crippen LogP contribution >= 0.6 is 0 Å². The predicted octanol–water partition coefficient (Wildman–Crippen LogP) is 1.01. The SMILES string of the molecule is CC1(C)COC(=O)C1n1cccn1. The Kier molecular flexibility index (Phi) is 1.65. The average molecular weight is 180 g/mol. The topological polar surface area (TPSA) is 44.1 Å². The molecule has 0 spiro atoms. The van der Waals surface area contributed by atoms with Crippen molar-refractivity contribution in [3.8, 4) is 0 Å². The largest absolute Gasteiger partial charge is 0.463 e. The van der Waals surface area contributed by atoms with Crippen LogP contribution in [-0.2, 0) is 9.53 Å². The molecule has 1 fully saturated rings. The Labute approximate surface area is 76.5 Å². The monoisotopic (exact) mass is 180 g/mol. The van der Waals surface area contributed by atoms with Gasteiger partial charge in [-0.3, -0.25) is 4.68 Å². The van der Waals surface area contributed by atoms with Gasteiger partial charge in [-0.2, -0.15) is 5.10 Å². The Morgan fingerprint density at radius 1 is 1.69 bits per heavy atom. The number of hydrogen-bond acceptors (Lipinski definition) is 3. The van der Waals surface area contributed by atoms with Gasteiger partial charge in [0.05, 0.1) is 6.61 Å². The van der Waals surface area contributed by atoms with Crippen LogP contribution in [0, 0.1) is 5.41 Å². The molecule has 13 heavy (non-hydrogen) atoms. The van der Waals surface area contributed by atoms with Crippen molar-refractivity contribution in [2.45, 2.75) is 19.9 Å². The Balaban J connectivity index is 2.36. The van der Waals surface area contributed by atoms with E-state index in [1.807, 2.05) is 19.9 Å². The number of aromatic nitrogens is 2. The Morgan fingerprint density at radius 2 is 2.46 bits per heavy atom. The lowest BCUT2D eigenvalue weighted by Gasteiger charge is -2.21. The smallest absolute Gasteiger partial charge is 0.331 e. The first kappa shape index (κ1) is 8.29. The number of carbonyl (C=O) groups is 1. The lowest BCUT2D eigenvalue weighted by molar-refractivity contribution is -0.140. The highest BCUT2D eigenvalue weighted by molar-refractivity contribution is 5.77. The number of nitrogens with zero attached hydrogens (tertiary/aromatic N) is 2. The molecule has 1 saturated heterocycles. The highest BCUT2D eigenvalue weighted by Crippen LogP contribution is 2.37. The van der Waals surface area contributed by atoms with Crippen molar-refractivity contribution in [2.24, 2.45) is 5.41 Å². The van der Waals surface area contributed by atoms with Crippen molar-refractivity contribution in [3.05, 3.63) is 18.5 Å². The molecule has 1 aliphatic rings. The van der Waals surface area contributed by atoms with Crippen LogP contribution in [-0.4, -0.2) is 22.4 Å². The molecule has 0 aromatic carbocycles. The van der Waals surface area contributed by atoms with Crippen molar-refractivity contribution in [1.29, 1.82) is 0 Å². The third-order valence-electron chi connectivity index (χ3n) is 2.34. The maximum absolute atomic E-state index is 11.4. The van der Waals surface area contributed by atoms with Gasteiger partial charge in [0.1, 0.15) is 0 Å². The van der Waals surface area contributed by atoms with Crippen LogP contribution in [0.4, 0.5) is 0 Å². The van der Waals surface area contributed by atoms with Crippen molar-refractivity contribution in [1.82, 2.24) is 9.78 Å². The highest BCUT2D eigenvalue weighted by atomic mass is 16.5. The third kappa shape index (κ3) is 1.22. The first-order valence-electron chi connectivity index (χ1n) is 4.27. The van der Waals surface area contributed by atoms with Crippen molar-refractivity contribution < 1.29 is 9.53 Å². The fourth-order valence-corrected chi connectivity index (χ4v) is 1.63. The van der Waals surface area contributed by atoms with E-state index >= 15 is 0 Å². The van der Waals surface area contributed by atoms with Crippen molar-refractivity contribution >= 4 is 5.97 Å². The molecule has 0 N–H and O–H groups in total. The van der Waals surface area contributed by atoms with Crippen molar-refractivity contribution in [3.63, 3.8) is 0 Å². The lowest BCUT2D eigenvalue weighted by Crippen LogP contribution is -2.27. The van der Waals surface area contributed by atoms with Crippen molar-refractivity contribution in [2.75, 3.05) is 6.61 Å². The Morgan fingerprint density at radius 3 is 2.92 bits per heavy atom. The van der Waals surface area contributed by atoms with E-state index in [0.29, 0.717) is 6.61 Å². The standard InChI is InChI=1S/C9H12N2O2/c1-9(2)6-13-8(12)7(9)11-5-3-4-10-11/h3-5,7H,6H2,1-2H3. The summed E-state index contributed by atoms with van der Waals surface area (Å²) < 4.78 is 6.67. The number of ether oxygens (including phenoxy) is 1. The summed E-state index contributed by atoms with van der Waals surface area (Å²) in [6.07, 6.45) is 3.46. The molecule has 4 heteroatoms. The summed E-state index contributed by atoms with van der Waals surface area (Å²) in [6.45, 7) is 4.48. The maximum atomic E-state index is 11.4. The zero-order chi connectivity index (χ0) is 9.47. The summed E-state index contributed by atoms with van der Waals surface area (Å²) in [5, 5.41) is 4.06. The molecule has 70 valence electrons. The molecule has 2 rings (SSSR count). The summed E-state index contributed by atoms with van der Waals surface area (Å²) >= 11 is 0. The second-order valence-corrected chi connectivity index (χ2v) is 3.98. The maximum Gasteiger partial charge on any atom is 0.331 e. The molecule has 0 aliphatic carbocycles. The van der Waals surface area contributed by atoms with E-state index in [4.69, 9.17) is 4.74 Å². The summed E-state index contributed by atoms with van der Waals surface area (Å²) in [7, 11) is 0. The molecule has 0 amide bonds. The summed E-state index contributed by atoms with van der Waals surface area (Å²) in [4.78, 5) is 11.4. The van der Waals surface area contributed by atoms with Gasteiger partial charge in [-0.15, -0.1) is 0 Å². The number of esters is 1. The molecule has 1 unspecified atom stereocenters. The predicted molar refractivity (Wildman–Crippen MR) is 46.0 cm³/mol. The van der Waals surface area contributed by atoms with Crippen LogP contribution < -0.4 is 0 Å². The molecule has 2 heterocycles. The molecule has 1 aliphatic heterocycles. The highest BCUT2D eigenvalue weighted by Gasteiger charge is 2.45.